The summed E-state index contributed by atoms with van der Waals surface area (Å²) >= 11 is 3.32. The molecule has 0 saturated carbocycles. The monoisotopic (exact) mass is 458 g/mol. The van der Waals surface area contributed by atoms with E-state index in [0.717, 1.165) is 46.7 Å². The molecule has 4 aromatic rings. The van der Waals surface area contributed by atoms with E-state index in [1.54, 1.807) is 34.8 Å². The van der Waals surface area contributed by atoms with Gasteiger partial charge in [0.15, 0.2) is 20.1 Å². The van der Waals surface area contributed by atoms with Crippen molar-refractivity contribution in [2.45, 2.75) is 18.7 Å². The smallest absolute Gasteiger partial charge is 0.186 e. The first kappa shape index (κ1) is 19.7. The molecular weight excluding hydrogens is 436 g/mol. The van der Waals surface area contributed by atoms with Crippen LogP contribution >= 0.6 is 22.7 Å². The number of aromatic nitrogens is 2. The van der Waals surface area contributed by atoms with Crippen molar-refractivity contribution in [3.8, 4) is 0 Å². The fourth-order valence-electron chi connectivity index (χ4n) is 3.94. The molecule has 1 saturated heterocycles. The van der Waals surface area contributed by atoms with Crippen molar-refractivity contribution in [3.05, 3.63) is 41.5 Å². The van der Waals surface area contributed by atoms with E-state index in [0.29, 0.717) is 10.4 Å². The maximum absolute atomic E-state index is 12.1. The van der Waals surface area contributed by atoms with Gasteiger partial charge in [-0.3, -0.25) is 0 Å². The lowest BCUT2D eigenvalue weighted by Crippen LogP contribution is -2.46. The highest BCUT2D eigenvalue weighted by Crippen LogP contribution is 2.35. The van der Waals surface area contributed by atoms with Crippen LogP contribution in [0.1, 0.15) is 11.1 Å². The van der Waals surface area contributed by atoms with Crippen molar-refractivity contribution >= 4 is 63.2 Å². The second-order valence-electron chi connectivity index (χ2n) is 7.77. The standard InChI is InChI=1S/C21H22N4O2S3/c1-13-11-14(2)19-15(12-13)22-20(29-19)24-7-9-25(10-8-24)21-23-18-16(28-21)5-4-6-17(18)30(3,26)27/h4-6,11-12H,7-10H2,1-3H3. The summed E-state index contributed by atoms with van der Waals surface area (Å²) in [7, 11) is -3.30. The number of para-hydroxylation sites is 1. The van der Waals surface area contributed by atoms with E-state index in [1.807, 2.05) is 6.07 Å². The predicted octanol–water partition coefficient (Wildman–Crippen LogP) is 4.25. The molecule has 5 rings (SSSR count). The van der Waals surface area contributed by atoms with Crippen molar-refractivity contribution in [3.63, 3.8) is 0 Å². The summed E-state index contributed by atoms with van der Waals surface area (Å²) in [6.45, 7) is 7.66. The highest BCUT2D eigenvalue weighted by molar-refractivity contribution is 7.91. The Morgan fingerprint density at radius 1 is 0.933 bits per heavy atom. The number of hydrogen-bond acceptors (Lipinski definition) is 8. The highest BCUT2D eigenvalue weighted by atomic mass is 32.2. The Labute approximate surface area is 183 Å². The van der Waals surface area contributed by atoms with E-state index in [1.165, 1.54) is 22.1 Å². The Morgan fingerprint density at radius 3 is 2.27 bits per heavy atom. The van der Waals surface area contributed by atoms with Crippen molar-refractivity contribution in [1.29, 1.82) is 0 Å². The summed E-state index contributed by atoms with van der Waals surface area (Å²) in [6, 6.07) is 9.72. The first-order valence-corrected chi connectivity index (χ1v) is 13.3. The lowest BCUT2D eigenvalue weighted by molar-refractivity contribution is 0.602. The summed E-state index contributed by atoms with van der Waals surface area (Å²) in [5, 5.41) is 1.96. The number of anilines is 2. The molecule has 30 heavy (non-hydrogen) atoms. The molecule has 1 aliphatic rings. The molecule has 0 bridgehead atoms. The predicted molar refractivity (Wildman–Crippen MR) is 126 cm³/mol. The molecule has 0 N–H and O–H groups in total. The zero-order valence-corrected chi connectivity index (χ0v) is 19.5. The van der Waals surface area contributed by atoms with Crippen LogP contribution in [0.4, 0.5) is 10.3 Å². The van der Waals surface area contributed by atoms with Crippen LogP contribution in [0.2, 0.25) is 0 Å². The summed E-state index contributed by atoms with van der Waals surface area (Å²) in [5.74, 6) is 0. The number of sulfone groups is 1. The molecule has 9 heteroatoms. The van der Waals surface area contributed by atoms with E-state index in [-0.39, 0.29) is 0 Å². The van der Waals surface area contributed by atoms with Crippen LogP contribution < -0.4 is 9.80 Å². The minimum atomic E-state index is -3.30. The molecule has 0 radical (unpaired) electrons. The Balaban J connectivity index is 1.38. The van der Waals surface area contributed by atoms with Gasteiger partial charge in [0.25, 0.3) is 0 Å². The van der Waals surface area contributed by atoms with Crippen LogP contribution in [0.3, 0.4) is 0 Å². The second-order valence-corrected chi connectivity index (χ2v) is 11.7. The van der Waals surface area contributed by atoms with Gasteiger partial charge < -0.3 is 9.80 Å². The van der Waals surface area contributed by atoms with Crippen LogP contribution in [-0.2, 0) is 9.84 Å². The van der Waals surface area contributed by atoms with Crippen molar-refractivity contribution in [2.24, 2.45) is 0 Å². The zero-order chi connectivity index (χ0) is 21.0. The molecular formula is C21H22N4O2S3. The van der Waals surface area contributed by atoms with Gasteiger partial charge in [0.2, 0.25) is 0 Å². The van der Waals surface area contributed by atoms with Crippen molar-refractivity contribution in [1.82, 2.24) is 9.97 Å². The third-order valence-corrected chi connectivity index (χ3v) is 8.88. The van der Waals surface area contributed by atoms with Gasteiger partial charge >= 0.3 is 0 Å². The third-order valence-electron chi connectivity index (χ3n) is 5.40. The van der Waals surface area contributed by atoms with E-state index in [2.05, 4.69) is 35.8 Å². The number of rotatable bonds is 3. The third kappa shape index (κ3) is 3.44. The fraction of sp³-hybridized carbons (Fsp3) is 0.333. The number of benzene rings is 2. The van der Waals surface area contributed by atoms with Gasteiger partial charge in [0.1, 0.15) is 5.52 Å². The minimum Gasteiger partial charge on any atom is -0.345 e. The van der Waals surface area contributed by atoms with Gasteiger partial charge in [-0.25, -0.2) is 18.4 Å². The molecule has 2 aromatic heterocycles. The molecule has 2 aromatic carbocycles. The van der Waals surface area contributed by atoms with Gasteiger partial charge in [-0.1, -0.05) is 34.8 Å². The Kier molecular flexibility index (Phi) is 4.72. The van der Waals surface area contributed by atoms with Crippen LogP contribution in [0.5, 0.6) is 0 Å². The number of piperazine rings is 1. The first-order chi connectivity index (χ1) is 14.3. The molecule has 0 atom stereocenters. The number of nitrogens with zero attached hydrogens (tertiary/aromatic N) is 4. The quantitative estimate of drug-likeness (QED) is 0.457. The summed E-state index contributed by atoms with van der Waals surface area (Å²) in [5.41, 5.74) is 4.18. The van der Waals surface area contributed by atoms with Gasteiger partial charge in [-0.15, -0.1) is 0 Å². The average molecular weight is 459 g/mol. The minimum absolute atomic E-state index is 0.307. The van der Waals surface area contributed by atoms with Gasteiger partial charge in [0, 0.05) is 32.4 Å². The topological polar surface area (TPSA) is 66.4 Å². The van der Waals surface area contributed by atoms with Crippen LogP contribution in [0.25, 0.3) is 20.4 Å². The molecule has 0 unspecified atom stereocenters. The number of hydrogen-bond donors (Lipinski definition) is 0. The molecule has 156 valence electrons. The van der Waals surface area contributed by atoms with Crippen molar-refractivity contribution in [2.75, 3.05) is 42.2 Å². The molecule has 3 heterocycles. The van der Waals surface area contributed by atoms with Crippen LogP contribution in [0, 0.1) is 13.8 Å². The molecule has 0 aliphatic carbocycles. The van der Waals surface area contributed by atoms with E-state index in [9.17, 15) is 8.42 Å². The Morgan fingerprint density at radius 2 is 1.60 bits per heavy atom. The highest BCUT2D eigenvalue weighted by Gasteiger charge is 2.24. The average Bonchev–Trinajstić information content (AvgIpc) is 3.31. The lowest BCUT2D eigenvalue weighted by atomic mass is 10.1. The number of thiazole rings is 2. The molecule has 0 amide bonds. The largest absolute Gasteiger partial charge is 0.345 e. The Hall–Kier alpha value is -2.23. The zero-order valence-electron chi connectivity index (χ0n) is 17.0. The SMILES string of the molecule is Cc1cc(C)c2sc(N3CCN(c4nc5c(S(C)(=O)=O)cccc5s4)CC3)nc2c1. The summed E-state index contributed by atoms with van der Waals surface area (Å²) < 4.78 is 26.4. The second kappa shape index (κ2) is 7.18. The van der Waals surface area contributed by atoms with Gasteiger partial charge in [-0.05, 0) is 43.2 Å². The summed E-state index contributed by atoms with van der Waals surface area (Å²) in [6.07, 6.45) is 1.24. The number of aryl methyl sites for hydroxylation is 2. The first-order valence-electron chi connectivity index (χ1n) is 9.77. The maximum Gasteiger partial charge on any atom is 0.186 e. The maximum atomic E-state index is 12.1. The van der Waals surface area contributed by atoms with Crippen LogP contribution in [-0.4, -0.2) is 50.8 Å². The van der Waals surface area contributed by atoms with E-state index in [4.69, 9.17) is 9.97 Å². The summed E-state index contributed by atoms with van der Waals surface area (Å²) in [4.78, 5) is 14.5. The fourth-order valence-corrected chi connectivity index (χ4v) is 6.94. The number of fused-ring (bicyclic) bond motifs is 2. The Bertz CT molecular complexity index is 1370. The molecule has 1 aliphatic heterocycles. The van der Waals surface area contributed by atoms with Crippen molar-refractivity contribution < 1.29 is 8.42 Å². The van der Waals surface area contributed by atoms with E-state index >= 15 is 0 Å². The normalized spacial score (nSPS) is 15.4. The van der Waals surface area contributed by atoms with E-state index < -0.39 is 9.84 Å². The van der Waals surface area contributed by atoms with Gasteiger partial charge in [-0.2, -0.15) is 0 Å². The van der Waals surface area contributed by atoms with Crippen LogP contribution in [0.15, 0.2) is 35.2 Å². The molecule has 1 fully saturated rings. The molecule has 6 nitrogen and oxygen atoms in total. The van der Waals surface area contributed by atoms with Gasteiger partial charge in [0.05, 0.1) is 19.8 Å². The lowest BCUT2D eigenvalue weighted by Gasteiger charge is -2.34. The molecule has 0 spiro atoms.